The first-order chi connectivity index (χ1) is 15.5. The van der Waals surface area contributed by atoms with Crippen LogP contribution in [0.3, 0.4) is 0 Å². The van der Waals surface area contributed by atoms with E-state index in [1.165, 1.54) is 20.3 Å². The number of nitrogen functional groups attached to an aromatic ring is 3. The van der Waals surface area contributed by atoms with Crippen molar-refractivity contribution in [3.05, 3.63) is 53.2 Å². The molecular weight excluding hydrogens is 444 g/mol. The van der Waals surface area contributed by atoms with Crippen LogP contribution in [0.15, 0.2) is 36.5 Å². The molecule has 1 heterocycles. The summed E-state index contributed by atoms with van der Waals surface area (Å²) in [5.74, 6) is 0.846. The van der Waals surface area contributed by atoms with Crippen LogP contribution < -0.4 is 26.1 Å². The minimum atomic E-state index is -4.05. The summed E-state index contributed by atoms with van der Waals surface area (Å²) in [6, 6.07) is 8.88. The number of rotatable bonds is 8. The third-order valence-electron chi connectivity index (χ3n) is 4.95. The number of anilines is 3. The van der Waals surface area contributed by atoms with Gasteiger partial charge in [-0.3, -0.25) is 0 Å². The van der Waals surface area contributed by atoms with Gasteiger partial charge < -0.3 is 26.1 Å². The number of hydrogen-bond acceptors (Lipinski definition) is 9. The van der Waals surface area contributed by atoms with Gasteiger partial charge in [0.05, 0.1) is 12.2 Å². The zero-order valence-electron chi connectivity index (χ0n) is 19.0. The van der Waals surface area contributed by atoms with Crippen LogP contribution in [-0.4, -0.2) is 43.4 Å². The maximum absolute atomic E-state index is 12.6. The maximum Gasteiger partial charge on any atom is 0.384 e. The van der Waals surface area contributed by atoms with E-state index in [1.54, 1.807) is 18.2 Å². The third-order valence-corrected chi connectivity index (χ3v) is 6.23. The van der Waals surface area contributed by atoms with Gasteiger partial charge in [0.25, 0.3) is 0 Å². The average molecular weight is 473 g/mol. The molecular formula is C22H28N6O4S. The van der Waals surface area contributed by atoms with E-state index in [4.69, 9.17) is 26.1 Å². The fourth-order valence-corrected chi connectivity index (χ4v) is 3.65. The number of aryl methyl sites for hydroxylation is 1. The number of hydrogen-bond donors (Lipinski definition) is 3. The van der Waals surface area contributed by atoms with E-state index in [1.807, 2.05) is 26.0 Å². The Morgan fingerprint density at radius 1 is 1.06 bits per heavy atom. The zero-order chi connectivity index (χ0) is 24.3. The minimum absolute atomic E-state index is 0.0691. The van der Waals surface area contributed by atoms with Gasteiger partial charge in [-0.1, -0.05) is 12.1 Å². The van der Waals surface area contributed by atoms with Crippen molar-refractivity contribution >= 4 is 27.8 Å². The molecule has 33 heavy (non-hydrogen) atoms. The Labute approximate surface area is 193 Å². The van der Waals surface area contributed by atoms with Crippen LogP contribution in [0.2, 0.25) is 0 Å². The molecule has 0 saturated carbocycles. The molecule has 0 spiro atoms. The second-order valence-corrected chi connectivity index (χ2v) is 9.36. The minimum Gasteiger partial charge on any atom is -0.493 e. The molecule has 3 aromatic rings. The van der Waals surface area contributed by atoms with E-state index < -0.39 is 10.3 Å². The fourth-order valence-electron chi connectivity index (χ4n) is 3.14. The molecule has 0 aliphatic heterocycles. The second kappa shape index (κ2) is 9.51. The van der Waals surface area contributed by atoms with Crippen molar-refractivity contribution < 1.29 is 17.3 Å². The highest BCUT2D eigenvalue weighted by molar-refractivity contribution is 7.84. The first-order valence-electron chi connectivity index (χ1n) is 10.2. The summed E-state index contributed by atoms with van der Waals surface area (Å²) in [7, 11) is -1.28. The summed E-state index contributed by atoms with van der Waals surface area (Å²) in [6.45, 7) is 4.08. The topological polar surface area (TPSA) is 160 Å². The van der Waals surface area contributed by atoms with Crippen LogP contribution in [0.5, 0.6) is 11.5 Å². The Hall–Kier alpha value is -3.57. The van der Waals surface area contributed by atoms with Gasteiger partial charge in [-0.15, -0.1) is 0 Å². The summed E-state index contributed by atoms with van der Waals surface area (Å²) in [5, 5.41) is 0. The predicted molar refractivity (Wildman–Crippen MR) is 129 cm³/mol. The fraction of sp³-hybridized carbons (Fsp3) is 0.273. The highest BCUT2D eigenvalue weighted by Crippen LogP contribution is 2.42. The van der Waals surface area contributed by atoms with Gasteiger partial charge in [0.15, 0.2) is 5.75 Å². The lowest BCUT2D eigenvalue weighted by molar-refractivity contribution is 0.340. The second-order valence-electron chi connectivity index (χ2n) is 7.61. The van der Waals surface area contributed by atoms with E-state index in [9.17, 15) is 8.42 Å². The SMILES string of the molecule is CCOc1cc(Cc2cnc(N)nc2N)cc(OS(=O)(=O)N(C)C)c1-c1ccc(C)c(N)c1. The lowest BCUT2D eigenvalue weighted by atomic mass is 9.97. The highest BCUT2D eigenvalue weighted by Gasteiger charge is 2.23. The van der Waals surface area contributed by atoms with Gasteiger partial charge in [-0.2, -0.15) is 17.7 Å². The molecule has 11 heteroatoms. The Morgan fingerprint density at radius 3 is 2.36 bits per heavy atom. The maximum atomic E-state index is 12.6. The van der Waals surface area contributed by atoms with Crippen molar-refractivity contribution in [2.24, 2.45) is 0 Å². The van der Waals surface area contributed by atoms with Crippen molar-refractivity contribution in [2.45, 2.75) is 20.3 Å². The monoisotopic (exact) mass is 472 g/mol. The van der Waals surface area contributed by atoms with Crippen molar-refractivity contribution in [1.29, 1.82) is 0 Å². The number of benzene rings is 2. The number of nitrogens with two attached hydrogens (primary N) is 3. The molecule has 0 bridgehead atoms. The Balaban J connectivity index is 2.22. The first-order valence-corrected chi connectivity index (χ1v) is 11.5. The number of nitrogens with zero attached hydrogens (tertiary/aromatic N) is 3. The molecule has 0 aliphatic rings. The largest absolute Gasteiger partial charge is 0.493 e. The average Bonchev–Trinajstić information content (AvgIpc) is 2.72. The van der Waals surface area contributed by atoms with Crippen LogP contribution in [0, 0.1) is 6.92 Å². The summed E-state index contributed by atoms with van der Waals surface area (Å²) in [6.07, 6.45) is 1.84. The Bertz CT molecular complexity index is 1280. The number of aromatic nitrogens is 2. The molecule has 176 valence electrons. The van der Waals surface area contributed by atoms with Crippen LogP contribution in [0.25, 0.3) is 11.1 Å². The molecule has 0 fully saturated rings. The summed E-state index contributed by atoms with van der Waals surface area (Å²) < 4.78 is 37.6. The molecule has 0 radical (unpaired) electrons. The predicted octanol–water partition coefficient (Wildman–Crippen LogP) is 2.37. The lowest BCUT2D eigenvalue weighted by Crippen LogP contribution is -2.27. The van der Waals surface area contributed by atoms with Gasteiger partial charge in [-0.05, 0) is 48.7 Å². The lowest BCUT2D eigenvalue weighted by Gasteiger charge is -2.20. The van der Waals surface area contributed by atoms with Crippen molar-refractivity contribution in [3.8, 4) is 22.6 Å². The summed E-state index contributed by atoms with van der Waals surface area (Å²) in [4.78, 5) is 7.97. The van der Waals surface area contributed by atoms with E-state index >= 15 is 0 Å². The van der Waals surface area contributed by atoms with Crippen LogP contribution in [0.4, 0.5) is 17.5 Å². The molecule has 0 saturated heterocycles. The van der Waals surface area contributed by atoms with Crippen LogP contribution in [-0.2, 0) is 16.7 Å². The molecule has 0 aliphatic carbocycles. The van der Waals surface area contributed by atoms with Crippen LogP contribution >= 0.6 is 0 Å². The normalized spacial score (nSPS) is 11.5. The van der Waals surface area contributed by atoms with Crippen LogP contribution in [0.1, 0.15) is 23.6 Å². The van der Waals surface area contributed by atoms with Gasteiger partial charge in [0, 0.05) is 38.0 Å². The standard InChI is InChI=1S/C22H28N6O4S/c1-5-31-18-9-14(8-16-12-26-22(25)27-21(16)24)10-19(32-33(29,30)28(3)4)20(18)15-7-6-13(2)17(23)11-15/h6-7,9-12H,5,8,23H2,1-4H3,(H4,24,25,26,27). The molecule has 3 rings (SSSR count). The molecule has 0 atom stereocenters. The molecule has 0 amide bonds. The number of ether oxygens (including phenoxy) is 1. The molecule has 6 N–H and O–H groups in total. The molecule has 0 unspecified atom stereocenters. The summed E-state index contributed by atoms with van der Waals surface area (Å²) in [5.41, 5.74) is 21.6. The van der Waals surface area contributed by atoms with E-state index in [2.05, 4.69) is 9.97 Å². The van der Waals surface area contributed by atoms with Gasteiger partial charge >= 0.3 is 10.3 Å². The first kappa shape index (κ1) is 24.1. The Kier molecular flexibility index (Phi) is 6.94. The zero-order valence-corrected chi connectivity index (χ0v) is 19.8. The van der Waals surface area contributed by atoms with Crippen molar-refractivity contribution in [1.82, 2.24) is 14.3 Å². The van der Waals surface area contributed by atoms with Gasteiger partial charge in [0.1, 0.15) is 11.6 Å². The highest BCUT2D eigenvalue weighted by atomic mass is 32.2. The molecule has 1 aromatic heterocycles. The third kappa shape index (κ3) is 5.44. The molecule has 10 nitrogen and oxygen atoms in total. The quantitative estimate of drug-likeness (QED) is 0.418. The van der Waals surface area contributed by atoms with E-state index in [0.717, 1.165) is 9.87 Å². The van der Waals surface area contributed by atoms with Gasteiger partial charge in [0.2, 0.25) is 5.95 Å². The van der Waals surface area contributed by atoms with Crippen molar-refractivity contribution in [2.75, 3.05) is 37.9 Å². The van der Waals surface area contributed by atoms with E-state index in [-0.39, 0.29) is 17.5 Å². The van der Waals surface area contributed by atoms with Crippen molar-refractivity contribution in [3.63, 3.8) is 0 Å². The van der Waals surface area contributed by atoms with Gasteiger partial charge in [-0.25, -0.2) is 4.98 Å². The molecule has 2 aromatic carbocycles. The summed E-state index contributed by atoms with van der Waals surface area (Å²) >= 11 is 0. The Morgan fingerprint density at radius 2 is 1.76 bits per heavy atom. The smallest absolute Gasteiger partial charge is 0.384 e. The van der Waals surface area contributed by atoms with E-state index in [0.29, 0.717) is 46.7 Å².